The summed E-state index contributed by atoms with van der Waals surface area (Å²) >= 11 is 5.89. The minimum Gasteiger partial charge on any atom is -0.504 e. The molecule has 2 N–H and O–H groups in total. The molecule has 0 unspecified atom stereocenters. The zero-order valence-electron chi connectivity index (χ0n) is 13.1. The van der Waals surface area contributed by atoms with Gasteiger partial charge in [0, 0.05) is 14.1 Å². The van der Waals surface area contributed by atoms with Gasteiger partial charge in [-0.1, -0.05) is 11.6 Å². The predicted octanol–water partition coefficient (Wildman–Crippen LogP) is 1.03. The number of hydrogen-bond acceptors (Lipinski definition) is 7. The van der Waals surface area contributed by atoms with E-state index in [4.69, 9.17) is 16.3 Å². The Morgan fingerprint density at radius 3 is 2.42 bits per heavy atom. The number of nitrogens with zero attached hydrogens (tertiary/aromatic N) is 1. The highest BCUT2D eigenvalue weighted by molar-refractivity contribution is 7.89. The van der Waals surface area contributed by atoms with E-state index in [9.17, 15) is 23.1 Å². The molecule has 0 saturated heterocycles. The Morgan fingerprint density at radius 1 is 1.25 bits per heavy atom. The second-order valence-electron chi connectivity index (χ2n) is 4.98. The fourth-order valence-corrected chi connectivity index (χ4v) is 3.46. The van der Waals surface area contributed by atoms with Gasteiger partial charge in [-0.3, -0.25) is 9.59 Å². The zero-order valence-corrected chi connectivity index (χ0v) is 14.7. The Hall–Kier alpha value is -2.10. The van der Waals surface area contributed by atoms with E-state index in [-0.39, 0.29) is 28.8 Å². The fraction of sp³-hybridized carbons (Fsp3) is 0.286. The van der Waals surface area contributed by atoms with Gasteiger partial charge in [-0.2, -0.15) is 0 Å². The monoisotopic (exact) mass is 374 g/mol. The highest BCUT2D eigenvalue weighted by Crippen LogP contribution is 2.39. The van der Waals surface area contributed by atoms with Gasteiger partial charge in [-0.25, -0.2) is 12.7 Å². The van der Waals surface area contributed by atoms with Crippen molar-refractivity contribution in [3.05, 3.63) is 37.6 Å². The standard InChI is InChI=1S/C14H15ClN2O6S/c1-4-23-13-9(11(19)12(13)20)16-8-6-5-7(15)14(10(8)18)24(21,22)17(2)3/h5-6,16,18H,4H2,1-3H3. The molecule has 2 rings (SSSR count). The number of hydrogen-bond donors (Lipinski definition) is 2. The van der Waals surface area contributed by atoms with Gasteiger partial charge in [-0.05, 0) is 19.1 Å². The maximum atomic E-state index is 12.3. The van der Waals surface area contributed by atoms with Crippen molar-refractivity contribution in [2.75, 3.05) is 26.0 Å². The van der Waals surface area contributed by atoms with Crippen LogP contribution in [0.5, 0.6) is 11.5 Å². The van der Waals surface area contributed by atoms with Crippen LogP contribution in [0.15, 0.2) is 26.6 Å². The molecule has 0 amide bonds. The molecule has 0 atom stereocenters. The lowest BCUT2D eigenvalue weighted by atomic mass is 10.2. The summed E-state index contributed by atoms with van der Waals surface area (Å²) < 4.78 is 30.5. The highest BCUT2D eigenvalue weighted by atomic mass is 35.5. The largest absolute Gasteiger partial charge is 0.504 e. The maximum absolute atomic E-state index is 12.3. The van der Waals surface area contributed by atoms with Crippen molar-refractivity contribution in [3.63, 3.8) is 0 Å². The van der Waals surface area contributed by atoms with E-state index in [1.54, 1.807) is 6.92 Å². The number of aromatic hydroxyl groups is 1. The van der Waals surface area contributed by atoms with Crippen molar-refractivity contribution in [2.24, 2.45) is 0 Å². The number of rotatable bonds is 6. The molecular formula is C14H15ClN2O6S. The van der Waals surface area contributed by atoms with Crippen molar-refractivity contribution < 1.29 is 18.3 Å². The summed E-state index contributed by atoms with van der Waals surface area (Å²) in [4.78, 5) is 22.6. The third-order valence-corrected chi connectivity index (χ3v) is 5.55. The third kappa shape index (κ3) is 2.85. The maximum Gasteiger partial charge on any atom is 0.272 e. The lowest BCUT2D eigenvalue weighted by molar-refractivity contribution is 0.335. The van der Waals surface area contributed by atoms with Crippen LogP contribution in [0.4, 0.5) is 11.4 Å². The number of ether oxygens (including phenoxy) is 1. The molecule has 0 heterocycles. The molecule has 0 aliphatic carbocycles. The lowest BCUT2D eigenvalue weighted by Crippen LogP contribution is -2.35. The molecular weight excluding hydrogens is 360 g/mol. The molecule has 0 aliphatic rings. The van der Waals surface area contributed by atoms with Crippen LogP contribution in [0, 0.1) is 0 Å². The average Bonchev–Trinajstić information content (AvgIpc) is 2.51. The Bertz CT molecular complexity index is 961. The van der Waals surface area contributed by atoms with Gasteiger partial charge >= 0.3 is 0 Å². The highest BCUT2D eigenvalue weighted by Gasteiger charge is 2.29. The molecule has 0 bridgehead atoms. The summed E-state index contributed by atoms with van der Waals surface area (Å²) in [6.07, 6.45) is 0. The molecule has 2 aromatic carbocycles. The van der Waals surface area contributed by atoms with Gasteiger partial charge in [-0.15, -0.1) is 0 Å². The van der Waals surface area contributed by atoms with E-state index in [2.05, 4.69) is 5.32 Å². The first-order valence-electron chi connectivity index (χ1n) is 6.80. The van der Waals surface area contributed by atoms with E-state index < -0.39 is 31.5 Å². The quantitative estimate of drug-likeness (QED) is 0.573. The molecule has 8 nitrogen and oxygen atoms in total. The molecule has 0 radical (unpaired) electrons. The van der Waals surface area contributed by atoms with Crippen LogP contribution in [-0.2, 0) is 10.0 Å². The molecule has 10 heteroatoms. The van der Waals surface area contributed by atoms with Crippen LogP contribution in [0.1, 0.15) is 6.92 Å². The summed E-state index contributed by atoms with van der Waals surface area (Å²) in [7, 11) is -1.45. The van der Waals surface area contributed by atoms with E-state index in [0.29, 0.717) is 0 Å². The molecule has 24 heavy (non-hydrogen) atoms. The van der Waals surface area contributed by atoms with E-state index in [1.165, 1.54) is 26.2 Å². The van der Waals surface area contributed by atoms with Crippen LogP contribution >= 0.6 is 11.6 Å². The summed E-state index contributed by atoms with van der Waals surface area (Å²) in [6, 6.07) is 2.55. The second-order valence-corrected chi connectivity index (χ2v) is 7.48. The molecule has 130 valence electrons. The van der Waals surface area contributed by atoms with Crippen LogP contribution < -0.4 is 20.9 Å². The Morgan fingerprint density at radius 2 is 1.88 bits per heavy atom. The molecule has 0 saturated carbocycles. The van der Waals surface area contributed by atoms with Gasteiger partial charge < -0.3 is 15.2 Å². The van der Waals surface area contributed by atoms with Crippen molar-refractivity contribution in [1.29, 1.82) is 0 Å². The molecule has 0 spiro atoms. The van der Waals surface area contributed by atoms with Gasteiger partial charge in [0.15, 0.2) is 11.5 Å². The summed E-state index contributed by atoms with van der Waals surface area (Å²) in [5, 5.41) is 12.6. The number of phenols is 1. The van der Waals surface area contributed by atoms with Gasteiger partial charge in [0.25, 0.3) is 10.9 Å². The van der Waals surface area contributed by atoms with Crippen molar-refractivity contribution >= 4 is 33.0 Å². The third-order valence-electron chi connectivity index (χ3n) is 3.24. The van der Waals surface area contributed by atoms with Crippen molar-refractivity contribution in [2.45, 2.75) is 11.8 Å². The summed E-state index contributed by atoms with van der Waals surface area (Å²) in [5.74, 6) is -0.819. The normalized spacial score (nSPS) is 11.9. The summed E-state index contributed by atoms with van der Waals surface area (Å²) in [5.41, 5.74) is -1.83. The molecule has 0 aliphatic heterocycles. The number of halogens is 1. The van der Waals surface area contributed by atoms with Crippen molar-refractivity contribution in [3.8, 4) is 11.5 Å². The molecule has 0 fully saturated rings. The predicted molar refractivity (Wildman–Crippen MR) is 89.8 cm³/mol. The van der Waals surface area contributed by atoms with Crippen LogP contribution in [0.3, 0.4) is 0 Å². The average molecular weight is 375 g/mol. The summed E-state index contributed by atoms with van der Waals surface area (Å²) in [6.45, 7) is 1.81. The SMILES string of the molecule is CCOc1c(Nc2ccc(Cl)c(S(=O)(=O)N(C)C)c2O)c(=O)c1=O. The number of sulfonamides is 1. The molecule has 2 aromatic rings. The number of benzene rings is 1. The minimum absolute atomic E-state index is 0.0899. The van der Waals surface area contributed by atoms with Gasteiger partial charge in [0.2, 0.25) is 10.0 Å². The number of anilines is 2. The van der Waals surface area contributed by atoms with Gasteiger partial charge in [0.1, 0.15) is 10.6 Å². The van der Waals surface area contributed by atoms with Crippen molar-refractivity contribution in [1.82, 2.24) is 4.31 Å². The first-order chi connectivity index (χ1) is 11.1. The van der Waals surface area contributed by atoms with E-state index in [0.717, 1.165) is 4.31 Å². The topological polar surface area (TPSA) is 113 Å². The number of phenolic OH excluding ortho intramolecular Hbond substituents is 1. The minimum atomic E-state index is -4.02. The van der Waals surface area contributed by atoms with Crippen LogP contribution in [0.2, 0.25) is 5.02 Å². The Labute approximate surface area is 143 Å². The lowest BCUT2D eigenvalue weighted by Gasteiger charge is -2.18. The van der Waals surface area contributed by atoms with E-state index in [1.807, 2.05) is 0 Å². The first-order valence-corrected chi connectivity index (χ1v) is 8.61. The smallest absolute Gasteiger partial charge is 0.272 e. The Balaban J connectivity index is 2.54. The van der Waals surface area contributed by atoms with Crippen LogP contribution in [-0.4, -0.2) is 38.5 Å². The second kappa shape index (κ2) is 6.42. The van der Waals surface area contributed by atoms with Crippen LogP contribution in [0.25, 0.3) is 0 Å². The number of nitrogens with one attached hydrogen (secondary N) is 1. The van der Waals surface area contributed by atoms with Gasteiger partial charge in [0.05, 0.1) is 17.3 Å². The molecule has 0 aromatic heterocycles. The fourth-order valence-electron chi connectivity index (χ4n) is 1.98. The Kier molecular flexibility index (Phi) is 4.88. The first kappa shape index (κ1) is 18.2. The zero-order chi connectivity index (χ0) is 18.2. The van der Waals surface area contributed by atoms with E-state index >= 15 is 0 Å².